The Morgan fingerprint density at radius 2 is 2.36 bits per heavy atom. The third-order valence-corrected chi connectivity index (χ3v) is 2.89. The molecule has 0 radical (unpaired) electrons. The topological polar surface area (TPSA) is 86.4 Å². The molecule has 2 aromatic heterocycles. The van der Waals surface area contributed by atoms with E-state index in [1.165, 1.54) is 11.3 Å². The van der Waals surface area contributed by atoms with Crippen LogP contribution in [0.2, 0.25) is 0 Å². The number of Topliss-reactive ketones (excluding diaryl/α,β-unsaturated/α-hetero) is 1. The largest absolute Gasteiger partial charge is 0.325 e. The average molecular weight is 210 g/mol. The normalized spacial score (nSPS) is 11.0. The molecule has 14 heavy (non-hydrogen) atoms. The number of nitrogens with two attached hydrogens (primary N) is 2. The number of ketones is 1. The van der Waals surface area contributed by atoms with Gasteiger partial charge in [0.15, 0.2) is 10.7 Å². The molecule has 0 spiro atoms. The second kappa shape index (κ2) is 3.49. The molecule has 0 atom stereocenters. The van der Waals surface area contributed by atoms with Crippen LogP contribution in [0.1, 0.15) is 16.2 Å². The van der Waals surface area contributed by atoms with E-state index in [0.29, 0.717) is 12.2 Å². The van der Waals surface area contributed by atoms with Crippen molar-refractivity contribution in [2.45, 2.75) is 6.54 Å². The first kappa shape index (κ1) is 9.32. The van der Waals surface area contributed by atoms with E-state index in [4.69, 9.17) is 11.5 Å². The number of nitrogens with zero attached hydrogens (tertiary/aromatic N) is 2. The minimum atomic E-state index is -0.120. The number of imidazole rings is 1. The predicted octanol–water partition coefficient (Wildman–Crippen LogP) is -0.00410. The molecular weight excluding hydrogens is 200 g/mol. The minimum Gasteiger partial charge on any atom is -0.325 e. The highest BCUT2D eigenvalue weighted by molar-refractivity contribution is 7.15. The summed E-state index contributed by atoms with van der Waals surface area (Å²) < 4.78 is 1.76. The Labute approximate surface area is 84.3 Å². The molecule has 4 N–H and O–H groups in total. The van der Waals surface area contributed by atoms with E-state index in [1.54, 1.807) is 10.6 Å². The fourth-order valence-electron chi connectivity index (χ4n) is 1.31. The van der Waals surface area contributed by atoms with Gasteiger partial charge in [-0.05, 0) is 0 Å². The van der Waals surface area contributed by atoms with Gasteiger partial charge >= 0.3 is 0 Å². The summed E-state index contributed by atoms with van der Waals surface area (Å²) in [5.41, 5.74) is 12.2. The average Bonchev–Trinajstić information content (AvgIpc) is 2.76. The van der Waals surface area contributed by atoms with Gasteiger partial charge in [0.25, 0.3) is 0 Å². The molecule has 0 aliphatic rings. The van der Waals surface area contributed by atoms with Gasteiger partial charge in [-0.2, -0.15) is 0 Å². The molecule has 6 heteroatoms. The number of hydrogen-bond acceptors (Lipinski definition) is 5. The molecule has 0 bridgehead atoms. The lowest BCUT2D eigenvalue weighted by Crippen LogP contribution is -2.16. The molecule has 2 rings (SSSR count). The monoisotopic (exact) mass is 210 g/mol. The van der Waals surface area contributed by atoms with E-state index in [1.807, 2.05) is 5.38 Å². The van der Waals surface area contributed by atoms with Gasteiger partial charge < -0.3 is 11.5 Å². The van der Waals surface area contributed by atoms with E-state index >= 15 is 0 Å². The molecule has 0 aromatic carbocycles. The van der Waals surface area contributed by atoms with Gasteiger partial charge in [0.2, 0.25) is 0 Å². The standard InChI is InChI=1S/C8H10N4OS/c9-1-5-4-14-8-11-3-6(12(5)8)7(13)2-10/h3-4H,1-2,9-10H2. The van der Waals surface area contributed by atoms with Crippen LogP contribution in [0.3, 0.4) is 0 Å². The van der Waals surface area contributed by atoms with Crippen LogP contribution in [0.25, 0.3) is 4.96 Å². The van der Waals surface area contributed by atoms with Gasteiger partial charge in [-0.25, -0.2) is 4.98 Å². The van der Waals surface area contributed by atoms with Crippen LogP contribution in [0.15, 0.2) is 11.6 Å². The molecule has 0 aliphatic heterocycles. The summed E-state index contributed by atoms with van der Waals surface area (Å²) in [4.78, 5) is 16.3. The number of carbonyl (C=O) groups excluding carboxylic acids is 1. The van der Waals surface area contributed by atoms with Crippen molar-refractivity contribution in [1.82, 2.24) is 9.38 Å². The Bertz CT molecular complexity index is 473. The van der Waals surface area contributed by atoms with Gasteiger partial charge in [-0.3, -0.25) is 9.20 Å². The zero-order chi connectivity index (χ0) is 10.1. The van der Waals surface area contributed by atoms with Crippen molar-refractivity contribution in [3.63, 3.8) is 0 Å². The first-order valence-electron chi connectivity index (χ1n) is 4.15. The summed E-state index contributed by atoms with van der Waals surface area (Å²) in [6.07, 6.45) is 1.54. The minimum absolute atomic E-state index is 0.00630. The number of thiazole rings is 1. The third kappa shape index (κ3) is 1.24. The van der Waals surface area contributed by atoms with Crippen molar-refractivity contribution >= 4 is 22.1 Å². The Balaban J connectivity index is 2.64. The maximum atomic E-state index is 11.4. The highest BCUT2D eigenvalue weighted by Crippen LogP contribution is 2.17. The lowest BCUT2D eigenvalue weighted by Gasteiger charge is -1.98. The van der Waals surface area contributed by atoms with E-state index in [9.17, 15) is 4.79 Å². The molecule has 0 fully saturated rings. The van der Waals surface area contributed by atoms with Crippen LogP contribution in [0.5, 0.6) is 0 Å². The quantitative estimate of drug-likeness (QED) is 0.698. The van der Waals surface area contributed by atoms with Crippen LogP contribution in [-0.4, -0.2) is 21.7 Å². The van der Waals surface area contributed by atoms with Gasteiger partial charge in [0.1, 0.15) is 5.69 Å². The highest BCUT2D eigenvalue weighted by Gasteiger charge is 2.13. The first-order chi connectivity index (χ1) is 6.77. The van der Waals surface area contributed by atoms with Crippen molar-refractivity contribution in [1.29, 1.82) is 0 Å². The maximum Gasteiger partial charge on any atom is 0.194 e. The molecule has 0 unspecified atom stereocenters. The first-order valence-corrected chi connectivity index (χ1v) is 5.03. The predicted molar refractivity (Wildman–Crippen MR) is 54.3 cm³/mol. The summed E-state index contributed by atoms with van der Waals surface area (Å²) in [5.74, 6) is -0.120. The molecule has 74 valence electrons. The Morgan fingerprint density at radius 3 is 3.00 bits per heavy atom. The fourth-order valence-corrected chi connectivity index (χ4v) is 2.19. The van der Waals surface area contributed by atoms with Gasteiger partial charge in [0, 0.05) is 17.6 Å². The van der Waals surface area contributed by atoms with E-state index < -0.39 is 0 Å². The number of rotatable bonds is 3. The van der Waals surface area contributed by atoms with Gasteiger partial charge in [-0.1, -0.05) is 0 Å². The molecule has 0 amide bonds. The molecule has 2 aromatic rings. The Hall–Kier alpha value is -1.24. The smallest absolute Gasteiger partial charge is 0.194 e. The van der Waals surface area contributed by atoms with E-state index in [0.717, 1.165) is 10.7 Å². The molecule has 2 heterocycles. The van der Waals surface area contributed by atoms with Gasteiger partial charge in [-0.15, -0.1) is 11.3 Å². The van der Waals surface area contributed by atoms with Crippen molar-refractivity contribution in [3.8, 4) is 0 Å². The van der Waals surface area contributed by atoms with E-state index in [2.05, 4.69) is 4.98 Å². The Morgan fingerprint density at radius 1 is 1.57 bits per heavy atom. The van der Waals surface area contributed by atoms with Crippen LogP contribution in [-0.2, 0) is 6.54 Å². The maximum absolute atomic E-state index is 11.4. The van der Waals surface area contributed by atoms with E-state index in [-0.39, 0.29) is 12.3 Å². The molecule has 0 aliphatic carbocycles. The summed E-state index contributed by atoms with van der Waals surface area (Å²) in [6.45, 7) is 0.384. The van der Waals surface area contributed by atoms with Crippen molar-refractivity contribution in [3.05, 3.63) is 23.0 Å². The second-order valence-electron chi connectivity index (χ2n) is 2.82. The van der Waals surface area contributed by atoms with Gasteiger partial charge in [0.05, 0.1) is 12.7 Å². The fraction of sp³-hybridized carbons (Fsp3) is 0.250. The number of aromatic nitrogens is 2. The number of carbonyl (C=O) groups is 1. The molecule has 0 saturated heterocycles. The zero-order valence-corrected chi connectivity index (χ0v) is 8.25. The lowest BCUT2D eigenvalue weighted by molar-refractivity contribution is 0.0995. The van der Waals surface area contributed by atoms with Crippen molar-refractivity contribution in [2.75, 3.05) is 6.54 Å². The highest BCUT2D eigenvalue weighted by atomic mass is 32.1. The van der Waals surface area contributed by atoms with Crippen LogP contribution in [0.4, 0.5) is 0 Å². The summed E-state index contributed by atoms with van der Waals surface area (Å²) in [5, 5.41) is 1.90. The van der Waals surface area contributed by atoms with Crippen LogP contribution in [0, 0.1) is 0 Å². The molecule has 5 nitrogen and oxygen atoms in total. The zero-order valence-electron chi connectivity index (χ0n) is 7.43. The Kier molecular flexibility index (Phi) is 2.32. The SMILES string of the molecule is NCC(=O)c1cnc2scc(CN)n12. The summed E-state index contributed by atoms with van der Waals surface area (Å²) in [6, 6.07) is 0. The second-order valence-corrected chi connectivity index (χ2v) is 3.66. The van der Waals surface area contributed by atoms with Crippen molar-refractivity contribution < 1.29 is 4.79 Å². The van der Waals surface area contributed by atoms with Crippen molar-refractivity contribution in [2.24, 2.45) is 11.5 Å². The summed E-state index contributed by atoms with van der Waals surface area (Å²) >= 11 is 1.47. The third-order valence-electron chi connectivity index (χ3n) is 2.00. The summed E-state index contributed by atoms with van der Waals surface area (Å²) in [7, 11) is 0. The van der Waals surface area contributed by atoms with Crippen LogP contribution < -0.4 is 11.5 Å². The molecular formula is C8H10N4OS. The number of hydrogen-bond donors (Lipinski definition) is 2. The molecule has 0 saturated carbocycles. The van der Waals surface area contributed by atoms with Crippen LogP contribution >= 0.6 is 11.3 Å². The lowest BCUT2D eigenvalue weighted by atomic mass is 10.3. The number of fused-ring (bicyclic) bond motifs is 1.